The molecule has 0 aliphatic rings. The van der Waals surface area contributed by atoms with Crippen molar-refractivity contribution >= 4 is 5.97 Å². The highest BCUT2D eigenvalue weighted by Gasteiger charge is 2.12. The molecule has 0 fully saturated rings. The Hall–Kier alpha value is -2.24. The fraction of sp³-hybridized carbons (Fsp3) is 0.273. The largest absolute Gasteiger partial charge is 0.478 e. The van der Waals surface area contributed by atoms with Crippen LogP contribution in [0.1, 0.15) is 27.4 Å². The molecule has 0 radical (unpaired) electrons. The quantitative estimate of drug-likeness (QED) is 0.843. The van der Waals surface area contributed by atoms with Crippen LogP contribution in [0.2, 0.25) is 0 Å². The molecule has 2 heterocycles. The van der Waals surface area contributed by atoms with Crippen LogP contribution in [-0.2, 0) is 0 Å². The van der Waals surface area contributed by atoms with E-state index in [0.717, 1.165) is 11.4 Å². The molecule has 0 unspecified atom stereocenters. The van der Waals surface area contributed by atoms with Gasteiger partial charge in [0.05, 0.1) is 17.0 Å². The summed E-state index contributed by atoms with van der Waals surface area (Å²) in [7, 11) is 0. The van der Waals surface area contributed by atoms with Crippen molar-refractivity contribution in [2.45, 2.75) is 20.8 Å². The van der Waals surface area contributed by atoms with Crippen molar-refractivity contribution in [2.24, 2.45) is 0 Å². The van der Waals surface area contributed by atoms with Crippen LogP contribution in [0.15, 0.2) is 12.5 Å². The molecule has 0 aliphatic heterocycles. The van der Waals surface area contributed by atoms with Gasteiger partial charge in [-0.1, -0.05) is 0 Å². The summed E-state index contributed by atoms with van der Waals surface area (Å²) in [4.78, 5) is 23.2. The standard InChI is InChI=1S/C11H12N4O2/c1-6-8(3)15(5-13-6)11-12-4-9(10(16)17)7(2)14-11/h4-5H,1-3H3,(H,16,17). The lowest BCUT2D eigenvalue weighted by Crippen LogP contribution is -2.08. The maximum Gasteiger partial charge on any atom is 0.339 e. The van der Waals surface area contributed by atoms with Crippen LogP contribution < -0.4 is 0 Å². The van der Waals surface area contributed by atoms with Gasteiger partial charge in [-0.3, -0.25) is 4.57 Å². The minimum atomic E-state index is -1.02. The Morgan fingerprint density at radius 3 is 2.41 bits per heavy atom. The molecule has 88 valence electrons. The fourth-order valence-corrected chi connectivity index (χ4v) is 1.48. The molecule has 0 atom stereocenters. The van der Waals surface area contributed by atoms with Gasteiger partial charge >= 0.3 is 5.97 Å². The molecule has 17 heavy (non-hydrogen) atoms. The van der Waals surface area contributed by atoms with Gasteiger partial charge in [0.2, 0.25) is 5.95 Å². The molecule has 1 N–H and O–H groups in total. The van der Waals surface area contributed by atoms with Crippen LogP contribution in [0.25, 0.3) is 5.95 Å². The van der Waals surface area contributed by atoms with Gasteiger partial charge in [0.15, 0.2) is 0 Å². The number of carbonyl (C=O) groups is 1. The van der Waals surface area contributed by atoms with Crippen LogP contribution in [0.3, 0.4) is 0 Å². The van der Waals surface area contributed by atoms with Crippen molar-refractivity contribution in [3.63, 3.8) is 0 Å². The smallest absolute Gasteiger partial charge is 0.339 e. The van der Waals surface area contributed by atoms with Crippen molar-refractivity contribution < 1.29 is 9.90 Å². The lowest BCUT2D eigenvalue weighted by Gasteiger charge is -2.05. The maximum atomic E-state index is 10.8. The zero-order chi connectivity index (χ0) is 12.6. The Morgan fingerprint density at radius 2 is 1.94 bits per heavy atom. The van der Waals surface area contributed by atoms with E-state index < -0.39 is 5.97 Å². The summed E-state index contributed by atoms with van der Waals surface area (Å²) in [5, 5.41) is 8.89. The summed E-state index contributed by atoms with van der Waals surface area (Å²) in [5.41, 5.74) is 2.39. The van der Waals surface area contributed by atoms with Crippen LogP contribution in [0.4, 0.5) is 0 Å². The fourth-order valence-electron chi connectivity index (χ4n) is 1.48. The predicted molar refractivity (Wildman–Crippen MR) is 60.3 cm³/mol. The molecular weight excluding hydrogens is 220 g/mol. The second-order valence-corrected chi connectivity index (χ2v) is 3.76. The van der Waals surface area contributed by atoms with Crippen molar-refractivity contribution in [1.29, 1.82) is 0 Å². The zero-order valence-electron chi connectivity index (χ0n) is 9.80. The predicted octanol–water partition coefficient (Wildman–Crippen LogP) is 1.29. The number of aromatic carboxylic acids is 1. The first-order valence-corrected chi connectivity index (χ1v) is 5.08. The van der Waals surface area contributed by atoms with E-state index in [-0.39, 0.29) is 5.56 Å². The first kappa shape index (κ1) is 11.3. The lowest BCUT2D eigenvalue weighted by molar-refractivity contribution is 0.0695. The Balaban J connectivity index is 2.52. The second-order valence-electron chi connectivity index (χ2n) is 3.76. The SMILES string of the molecule is Cc1nc(-n2cnc(C)c2C)ncc1C(=O)O. The van der Waals surface area contributed by atoms with Crippen molar-refractivity contribution in [3.05, 3.63) is 35.2 Å². The summed E-state index contributed by atoms with van der Waals surface area (Å²) in [6.45, 7) is 5.45. The first-order chi connectivity index (χ1) is 8.00. The number of imidazole rings is 1. The Kier molecular flexibility index (Phi) is 2.63. The number of aryl methyl sites for hydroxylation is 2. The van der Waals surface area contributed by atoms with E-state index in [1.807, 2.05) is 13.8 Å². The minimum absolute atomic E-state index is 0.114. The van der Waals surface area contributed by atoms with E-state index in [1.165, 1.54) is 6.20 Å². The van der Waals surface area contributed by atoms with Gasteiger partial charge in [0.1, 0.15) is 6.33 Å². The van der Waals surface area contributed by atoms with Gasteiger partial charge in [0, 0.05) is 11.9 Å². The highest BCUT2D eigenvalue weighted by molar-refractivity contribution is 5.88. The summed E-state index contributed by atoms with van der Waals surface area (Å²) in [5.74, 6) is -0.585. The normalized spacial score (nSPS) is 10.5. The Bertz CT molecular complexity index is 589. The highest BCUT2D eigenvalue weighted by Crippen LogP contribution is 2.11. The van der Waals surface area contributed by atoms with E-state index >= 15 is 0 Å². The molecule has 0 spiro atoms. The van der Waals surface area contributed by atoms with Crippen LogP contribution in [-0.4, -0.2) is 30.6 Å². The molecule has 2 rings (SSSR count). The first-order valence-electron chi connectivity index (χ1n) is 5.08. The van der Waals surface area contributed by atoms with Gasteiger partial charge in [-0.15, -0.1) is 0 Å². The molecular formula is C11H12N4O2. The summed E-state index contributed by atoms with van der Waals surface area (Å²) < 4.78 is 1.73. The molecule has 2 aromatic rings. The summed E-state index contributed by atoms with van der Waals surface area (Å²) >= 11 is 0. The van der Waals surface area contributed by atoms with Gasteiger partial charge in [-0.25, -0.2) is 19.7 Å². The van der Waals surface area contributed by atoms with E-state index in [4.69, 9.17) is 5.11 Å². The lowest BCUT2D eigenvalue weighted by atomic mass is 10.2. The van der Waals surface area contributed by atoms with Crippen molar-refractivity contribution in [1.82, 2.24) is 19.5 Å². The topological polar surface area (TPSA) is 80.9 Å². The number of carboxylic acids is 1. The van der Waals surface area contributed by atoms with E-state index in [2.05, 4.69) is 15.0 Å². The highest BCUT2D eigenvalue weighted by atomic mass is 16.4. The van der Waals surface area contributed by atoms with Crippen LogP contribution >= 0.6 is 0 Å². The number of aromatic nitrogens is 4. The van der Waals surface area contributed by atoms with Crippen LogP contribution in [0.5, 0.6) is 0 Å². The van der Waals surface area contributed by atoms with Crippen molar-refractivity contribution in [2.75, 3.05) is 0 Å². The minimum Gasteiger partial charge on any atom is -0.478 e. The van der Waals surface area contributed by atoms with E-state index in [0.29, 0.717) is 11.6 Å². The van der Waals surface area contributed by atoms with Gasteiger partial charge in [-0.2, -0.15) is 0 Å². The van der Waals surface area contributed by atoms with Gasteiger partial charge < -0.3 is 5.11 Å². The second kappa shape index (κ2) is 3.97. The van der Waals surface area contributed by atoms with E-state index in [1.54, 1.807) is 17.8 Å². The average molecular weight is 232 g/mol. The third kappa shape index (κ3) is 1.89. The van der Waals surface area contributed by atoms with Gasteiger partial charge in [0.25, 0.3) is 0 Å². The summed E-state index contributed by atoms with van der Waals surface area (Å²) in [6.07, 6.45) is 2.94. The third-order valence-corrected chi connectivity index (χ3v) is 2.66. The molecule has 0 amide bonds. The third-order valence-electron chi connectivity index (χ3n) is 2.66. The molecule has 2 aromatic heterocycles. The summed E-state index contributed by atoms with van der Waals surface area (Å²) in [6, 6.07) is 0. The molecule has 6 nitrogen and oxygen atoms in total. The molecule has 0 saturated heterocycles. The molecule has 0 aromatic carbocycles. The van der Waals surface area contributed by atoms with E-state index in [9.17, 15) is 4.79 Å². The van der Waals surface area contributed by atoms with Gasteiger partial charge in [-0.05, 0) is 20.8 Å². The Labute approximate surface area is 98.0 Å². The molecule has 0 saturated carbocycles. The zero-order valence-corrected chi connectivity index (χ0v) is 9.80. The number of hydrogen-bond donors (Lipinski definition) is 1. The van der Waals surface area contributed by atoms with Crippen molar-refractivity contribution in [3.8, 4) is 5.95 Å². The molecule has 0 bridgehead atoms. The number of rotatable bonds is 2. The average Bonchev–Trinajstić information content (AvgIpc) is 2.59. The monoisotopic (exact) mass is 232 g/mol. The maximum absolute atomic E-state index is 10.8. The number of carboxylic acid groups (broad SMARTS) is 1. The van der Waals surface area contributed by atoms with Crippen LogP contribution in [0, 0.1) is 20.8 Å². The molecule has 0 aliphatic carbocycles. The molecule has 6 heteroatoms. The number of nitrogens with zero attached hydrogens (tertiary/aromatic N) is 4. The number of hydrogen-bond acceptors (Lipinski definition) is 4. The Morgan fingerprint density at radius 1 is 1.24 bits per heavy atom.